The lowest BCUT2D eigenvalue weighted by atomic mass is 9.98. The van der Waals surface area contributed by atoms with Gasteiger partial charge < -0.3 is 14.6 Å². The summed E-state index contributed by atoms with van der Waals surface area (Å²) in [5, 5.41) is 13.7. The summed E-state index contributed by atoms with van der Waals surface area (Å²) in [4.78, 5) is 15.3. The molecule has 1 unspecified atom stereocenters. The molecule has 26 heavy (non-hydrogen) atoms. The summed E-state index contributed by atoms with van der Waals surface area (Å²) in [6.45, 7) is 1.24. The zero-order valence-corrected chi connectivity index (χ0v) is 15.5. The minimum absolute atomic E-state index is 0.0435. The van der Waals surface area contributed by atoms with E-state index in [2.05, 4.69) is 15.5 Å². The molecule has 0 aliphatic carbocycles. The first-order valence-corrected chi connectivity index (χ1v) is 9.64. The van der Waals surface area contributed by atoms with Gasteiger partial charge in [0, 0.05) is 13.1 Å². The van der Waals surface area contributed by atoms with Gasteiger partial charge in [-0.1, -0.05) is 29.8 Å². The van der Waals surface area contributed by atoms with Crippen molar-refractivity contribution in [1.29, 1.82) is 0 Å². The normalized spacial score (nSPS) is 17.3. The fourth-order valence-electron chi connectivity index (χ4n) is 3.02. The first-order chi connectivity index (χ1) is 12.7. The number of nitrogens with one attached hydrogen (secondary N) is 1. The Kier molecular flexibility index (Phi) is 4.90. The summed E-state index contributed by atoms with van der Waals surface area (Å²) in [5.74, 6) is 1.17. The maximum atomic E-state index is 12.6. The Balaban J connectivity index is 1.44. The highest BCUT2D eigenvalue weighted by Gasteiger charge is 2.29. The van der Waals surface area contributed by atoms with Crippen molar-refractivity contribution >= 4 is 34.7 Å². The molecule has 2 aromatic heterocycles. The summed E-state index contributed by atoms with van der Waals surface area (Å²) in [6.07, 6.45) is 1.80. The molecule has 4 rings (SSSR count). The van der Waals surface area contributed by atoms with E-state index in [1.54, 1.807) is 28.4 Å². The SMILES string of the molecule is O=C(Nc1ccccc1Cl)N1CCCC(c2nnc(-c3cccs3)o2)C1. The number of nitrogens with zero attached hydrogens (tertiary/aromatic N) is 3. The molecule has 1 aromatic carbocycles. The zero-order chi connectivity index (χ0) is 17.9. The van der Waals surface area contributed by atoms with Crippen LogP contribution in [-0.2, 0) is 0 Å². The van der Waals surface area contributed by atoms with Gasteiger partial charge in [0.25, 0.3) is 5.89 Å². The van der Waals surface area contributed by atoms with Crippen LogP contribution in [0.25, 0.3) is 10.8 Å². The summed E-state index contributed by atoms with van der Waals surface area (Å²) in [5.41, 5.74) is 0.610. The van der Waals surface area contributed by atoms with E-state index in [1.165, 1.54) is 0 Å². The van der Waals surface area contributed by atoms with Crippen LogP contribution >= 0.6 is 22.9 Å². The van der Waals surface area contributed by atoms with Crippen LogP contribution in [0.4, 0.5) is 10.5 Å². The number of benzene rings is 1. The highest BCUT2D eigenvalue weighted by atomic mass is 35.5. The lowest BCUT2D eigenvalue weighted by Crippen LogP contribution is -2.41. The number of carbonyl (C=O) groups excluding carboxylic acids is 1. The van der Waals surface area contributed by atoms with Gasteiger partial charge in [0.2, 0.25) is 5.89 Å². The molecular formula is C18H17ClN4O2S. The summed E-state index contributed by atoms with van der Waals surface area (Å²) < 4.78 is 5.84. The van der Waals surface area contributed by atoms with Gasteiger partial charge in [-0.2, -0.15) is 0 Å². The standard InChI is InChI=1S/C18H17ClN4O2S/c19-13-6-1-2-7-14(13)20-18(24)23-9-3-5-12(11-23)16-21-22-17(25-16)15-8-4-10-26-15/h1-2,4,6-8,10,12H,3,5,9,11H2,(H,20,24). The minimum Gasteiger partial charge on any atom is -0.420 e. The molecule has 1 fully saturated rings. The van der Waals surface area contributed by atoms with Crippen LogP contribution in [0.1, 0.15) is 24.7 Å². The minimum atomic E-state index is -0.166. The molecule has 0 spiro atoms. The highest BCUT2D eigenvalue weighted by molar-refractivity contribution is 7.13. The first-order valence-electron chi connectivity index (χ1n) is 8.38. The molecule has 8 heteroatoms. The van der Waals surface area contributed by atoms with Crippen molar-refractivity contribution in [2.24, 2.45) is 0 Å². The number of hydrogen-bond donors (Lipinski definition) is 1. The molecule has 3 heterocycles. The van der Waals surface area contributed by atoms with Gasteiger partial charge in [0.05, 0.1) is 21.5 Å². The van der Waals surface area contributed by atoms with E-state index in [1.807, 2.05) is 29.6 Å². The van der Waals surface area contributed by atoms with Gasteiger partial charge in [-0.05, 0) is 36.4 Å². The number of thiophene rings is 1. The Morgan fingerprint density at radius 1 is 1.27 bits per heavy atom. The van der Waals surface area contributed by atoms with Gasteiger partial charge >= 0.3 is 6.03 Å². The average molecular weight is 389 g/mol. The van der Waals surface area contributed by atoms with Gasteiger partial charge in [0.1, 0.15) is 0 Å². The van der Waals surface area contributed by atoms with Crippen LogP contribution in [-0.4, -0.2) is 34.2 Å². The number of urea groups is 1. The second-order valence-electron chi connectivity index (χ2n) is 6.12. The van der Waals surface area contributed by atoms with Gasteiger partial charge in [-0.15, -0.1) is 21.5 Å². The summed E-state index contributed by atoms with van der Waals surface area (Å²) in [7, 11) is 0. The quantitative estimate of drug-likeness (QED) is 0.695. The number of carbonyl (C=O) groups is 1. The third-order valence-corrected chi connectivity index (χ3v) is 5.53. The maximum Gasteiger partial charge on any atom is 0.321 e. The molecule has 1 atom stereocenters. The lowest BCUT2D eigenvalue weighted by Gasteiger charge is -2.31. The van der Waals surface area contributed by atoms with E-state index in [9.17, 15) is 4.79 Å². The van der Waals surface area contributed by atoms with Gasteiger partial charge in [0.15, 0.2) is 0 Å². The van der Waals surface area contributed by atoms with Crippen LogP contribution in [0.15, 0.2) is 46.2 Å². The van der Waals surface area contributed by atoms with Crippen LogP contribution in [0, 0.1) is 0 Å². The van der Waals surface area contributed by atoms with Crippen LogP contribution in [0.3, 0.4) is 0 Å². The molecule has 0 radical (unpaired) electrons. The second kappa shape index (κ2) is 7.47. The molecule has 6 nitrogen and oxygen atoms in total. The van der Waals surface area contributed by atoms with E-state index >= 15 is 0 Å². The predicted octanol–water partition coefficient (Wildman–Crippen LogP) is 4.86. The second-order valence-corrected chi connectivity index (χ2v) is 7.47. The van der Waals surface area contributed by atoms with Crippen molar-refractivity contribution in [2.75, 3.05) is 18.4 Å². The number of halogens is 1. The molecule has 1 N–H and O–H groups in total. The smallest absolute Gasteiger partial charge is 0.321 e. The number of para-hydroxylation sites is 1. The number of amides is 2. The Morgan fingerprint density at radius 3 is 2.96 bits per heavy atom. The topological polar surface area (TPSA) is 71.3 Å². The fourth-order valence-corrected chi connectivity index (χ4v) is 3.85. The molecule has 1 saturated heterocycles. The van der Waals surface area contributed by atoms with Gasteiger partial charge in [-0.25, -0.2) is 4.79 Å². The molecule has 1 aliphatic heterocycles. The molecule has 0 saturated carbocycles. The Morgan fingerprint density at radius 2 is 2.15 bits per heavy atom. The van der Waals surface area contributed by atoms with E-state index in [0.29, 0.717) is 35.6 Å². The van der Waals surface area contributed by atoms with Crippen molar-refractivity contribution in [3.05, 3.63) is 52.7 Å². The highest BCUT2D eigenvalue weighted by Crippen LogP contribution is 2.30. The number of hydrogen-bond acceptors (Lipinski definition) is 5. The van der Waals surface area contributed by atoms with Crippen LogP contribution in [0.2, 0.25) is 5.02 Å². The largest absolute Gasteiger partial charge is 0.420 e. The van der Waals surface area contributed by atoms with Crippen molar-refractivity contribution in [2.45, 2.75) is 18.8 Å². The van der Waals surface area contributed by atoms with E-state index in [4.69, 9.17) is 16.0 Å². The number of piperidine rings is 1. The molecule has 1 aliphatic rings. The van der Waals surface area contributed by atoms with Crippen LogP contribution in [0.5, 0.6) is 0 Å². The Bertz CT molecular complexity index is 896. The summed E-state index contributed by atoms with van der Waals surface area (Å²) >= 11 is 7.68. The third-order valence-electron chi connectivity index (χ3n) is 4.35. The number of rotatable bonds is 3. The molecule has 2 amide bonds. The lowest BCUT2D eigenvalue weighted by molar-refractivity contribution is 0.187. The number of likely N-dealkylation sites (tertiary alicyclic amines) is 1. The molecule has 134 valence electrons. The van der Waals surface area contributed by atoms with Crippen molar-refractivity contribution in [3.63, 3.8) is 0 Å². The Labute approximate surface area is 159 Å². The fraction of sp³-hybridized carbons (Fsp3) is 0.278. The zero-order valence-electron chi connectivity index (χ0n) is 13.9. The van der Waals surface area contributed by atoms with Crippen LogP contribution < -0.4 is 5.32 Å². The maximum absolute atomic E-state index is 12.6. The van der Waals surface area contributed by atoms with Crippen molar-refractivity contribution in [3.8, 4) is 10.8 Å². The number of anilines is 1. The first kappa shape index (κ1) is 17.1. The monoisotopic (exact) mass is 388 g/mol. The molecule has 0 bridgehead atoms. The van der Waals surface area contributed by atoms with E-state index < -0.39 is 0 Å². The van der Waals surface area contributed by atoms with E-state index in [0.717, 1.165) is 17.7 Å². The predicted molar refractivity (Wildman–Crippen MR) is 102 cm³/mol. The number of aromatic nitrogens is 2. The molecular weight excluding hydrogens is 372 g/mol. The van der Waals surface area contributed by atoms with Gasteiger partial charge in [-0.3, -0.25) is 0 Å². The Hall–Kier alpha value is -2.38. The molecule has 3 aromatic rings. The third kappa shape index (κ3) is 3.59. The van der Waals surface area contributed by atoms with E-state index in [-0.39, 0.29) is 11.9 Å². The van der Waals surface area contributed by atoms with Crippen molar-refractivity contribution in [1.82, 2.24) is 15.1 Å². The average Bonchev–Trinajstić information content (AvgIpc) is 3.35. The van der Waals surface area contributed by atoms with Crippen molar-refractivity contribution < 1.29 is 9.21 Å². The summed E-state index contributed by atoms with van der Waals surface area (Å²) in [6, 6.07) is 10.9.